The number of nitrogens with one attached hydrogen (secondary N) is 1. The Balaban J connectivity index is 1.76. The average molecular weight is 384 g/mol. The first-order valence-electron chi connectivity index (χ1n) is 9.89. The second-order valence-electron chi connectivity index (χ2n) is 7.68. The molecule has 1 aromatic carbocycles. The molecule has 1 fully saturated rings. The van der Waals surface area contributed by atoms with Gasteiger partial charge in [0, 0.05) is 47.8 Å². The van der Waals surface area contributed by atoms with Crippen LogP contribution in [0.1, 0.15) is 30.6 Å². The summed E-state index contributed by atoms with van der Waals surface area (Å²) in [5.41, 5.74) is 4.29. The van der Waals surface area contributed by atoms with Crippen LogP contribution in [0.25, 0.3) is 10.9 Å². The second-order valence-corrected chi connectivity index (χ2v) is 7.68. The van der Waals surface area contributed by atoms with E-state index in [-0.39, 0.29) is 30.5 Å². The molecule has 0 unspecified atom stereocenters. The number of benzene rings is 1. The summed E-state index contributed by atoms with van der Waals surface area (Å²) in [4.78, 5) is 18.4. The molecule has 2 aliphatic rings. The number of esters is 1. The van der Waals surface area contributed by atoms with E-state index in [1.807, 2.05) is 25.1 Å². The minimum Gasteiger partial charge on any atom is -0.496 e. The maximum atomic E-state index is 12.3. The van der Waals surface area contributed by atoms with Crippen molar-refractivity contribution in [2.45, 2.75) is 25.8 Å². The molecule has 3 atom stereocenters. The molecule has 4 rings (SSSR count). The lowest BCUT2D eigenvalue weighted by atomic mass is 9.75. The fourth-order valence-corrected chi connectivity index (χ4v) is 5.12. The lowest BCUT2D eigenvalue weighted by Crippen LogP contribution is -2.48. The Bertz CT molecular complexity index is 917. The van der Waals surface area contributed by atoms with Crippen LogP contribution in [0.15, 0.2) is 29.8 Å². The molecule has 1 aromatic heterocycles. The van der Waals surface area contributed by atoms with Crippen molar-refractivity contribution in [2.24, 2.45) is 11.8 Å². The standard InChI is InChI=1S/C22H28N2O4/c1-4-14(22(26)28-3)16-10-18-21-15(8-9-24(18)11-13(16)12-25)20-17(23-21)6-5-7-19(20)27-2/h4-7,13,16,18,23,25H,8-12H2,1-3H3/b14-4+/t13-,16-,18-/m0/s1. The molecule has 28 heavy (non-hydrogen) atoms. The minimum atomic E-state index is -0.297. The van der Waals surface area contributed by atoms with Crippen molar-refractivity contribution in [1.29, 1.82) is 0 Å². The van der Waals surface area contributed by atoms with E-state index in [4.69, 9.17) is 9.47 Å². The third-order valence-corrected chi connectivity index (χ3v) is 6.45. The van der Waals surface area contributed by atoms with E-state index in [2.05, 4.69) is 16.0 Å². The van der Waals surface area contributed by atoms with Crippen LogP contribution in [0.2, 0.25) is 0 Å². The van der Waals surface area contributed by atoms with Crippen LogP contribution in [0.4, 0.5) is 0 Å². The Kier molecular flexibility index (Phi) is 5.17. The summed E-state index contributed by atoms with van der Waals surface area (Å²) in [6, 6.07) is 6.28. The Morgan fingerprint density at radius 1 is 1.39 bits per heavy atom. The predicted octanol–water partition coefficient (Wildman–Crippen LogP) is 2.82. The highest BCUT2D eigenvalue weighted by molar-refractivity contribution is 5.91. The summed E-state index contributed by atoms with van der Waals surface area (Å²) in [5, 5.41) is 11.2. The van der Waals surface area contributed by atoms with Crippen LogP contribution in [0, 0.1) is 11.8 Å². The van der Waals surface area contributed by atoms with Crippen molar-refractivity contribution >= 4 is 16.9 Å². The predicted molar refractivity (Wildman–Crippen MR) is 107 cm³/mol. The number of hydrogen-bond acceptors (Lipinski definition) is 5. The van der Waals surface area contributed by atoms with E-state index in [0.29, 0.717) is 5.57 Å². The van der Waals surface area contributed by atoms with Gasteiger partial charge in [-0.25, -0.2) is 4.79 Å². The number of aromatic amines is 1. The minimum absolute atomic E-state index is 0.0250. The van der Waals surface area contributed by atoms with Gasteiger partial charge in [0.15, 0.2) is 0 Å². The molecule has 0 saturated carbocycles. The summed E-state index contributed by atoms with van der Waals surface area (Å²) in [6.45, 7) is 3.64. The zero-order valence-electron chi connectivity index (χ0n) is 16.7. The molecule has 6 heteroatoms. The first kappa shape index (κ1) is 19.0. The molecule has 1 saturated heterocycles. The molecule has 2 aromatic rings. The number of rotatable bonds is 4. The highest BCUT2D eigenvalue weighted by atomic mass is 16.5. The maximum Gasteiger partial charge on any atom is 0.333 e. The number of allylic oxidation sites excluding steroid dienone is 1. The smallest absolute Gasteiger partial charge is 0.333 e. The number of aliphatic hydroxyl groups is 1. The number of carbonyl (C=O) groups is 1. The number of methoxy groups -OCH3 is 2. The van der Waals surface area contributed by atoms with E-state index in [9.17, 15) is 9.90 Å². The molecule has 3 heterocycles. The fourth-order valence-electron chi connectivity index (χ4n) is 5.12. The number of carbonyl (C=O) groups excluding carboxylic acids is 1. The highest BCUT2D eigenvalue weighted by Crippen LogP contribution is 2.46. The van der Waals surface area contributed by atoms with Gasteiger partial charge in [0.25, 0.3) is 0 Å². The summed E-state index contributed by atoms with van der Waals surface area (Å²) in [6.07, 6.45) is 3.57. The van der Waals surface area contributed by atoms with E-state index in [1.54, 1.807) is 7.11 Å². The number of H-pyrrole nitrogens is 1. The zero-order valence-corrected chi connectivity index (χ0v) is 16.7. The Morgan fingerprint density at radius 3 is 2.89 bits per heavy atom. The molecular weight excluding hydrogens is 356 g/mol. The molecular formula is C22H28N2O4. The van der Waals surface area contributed by atoms with Crippen LogP contribution < -0.4 is 4.74 Å². The normalized spacial score (nSPS) is 25.3. The van der Waals surface area contributed by atoms with Crippen molar-refractivity contribution in [2.75, 3.05) is 33.9 Å². The zero-order chi connectivity index (χ0) is 19.8. The summed E-state index contributed by atoms with van der Waals surface area (Å²) in [5.74, 6) is 0.603. The number of fused-ring (bicyclic) bond motifs is 5. The lowest BCUT2D eigenvalue weighted by molar-refractivity contribution is -0.137. The van der Waals surface area contributed by atoms with Gasteiger partial charge >= 0.3 is 5.97 Å². The van der Waals surface area contributed by atoms with Crippen molar-refractivity contribution in [3.8, 4) is 5.75 Å². The third-order valence-electron chi connectivity index (χ3n) is 6.45. The van der Waals surface area contributed by atoms with E-state index < -0.39 is 0 Å². The first-order chi connectivity index (χ1) is 13.6. The largest absolute Gasteiger partial charge is 0.496 e. The molecule has 0 spiro atoms. The van der Waals surface area contributed by atoms with Crippen LogP contribution in [0.3, 0.4) is 0 Å². The van der Waals surface area contributed by atoms with Crippen LogP contribution in [0.5, 0.6) is 5.75 Å². The van der Waals surface area contributed by atoms with E-state index in [1.165, 1.54) is 23.8 Å². The molecule has 6 nitrogen and oxygen atoms in total. The average Bonchev–Trinajstić information content (AvgIpc) is 3.12. The quantitative estimate of drug-likeness (QED) is 0.626. The van der Waals surface area contributed by atoms with Gasteiger partial charge in [-0.15, -0.1) is 0 Å². The van der Waals surface area contributed by atoms with Gasteiger partial charge in [-0.2, -0.15) is 0 Å². The third kappa shape index (κ3) is 2.91. The molecule has 150 valence electrons. The van der Waals surface area contributed by atoms with Gasteiger partial charge < -0.3 is 19.6 Å². The monoisotopic (exact) mass is 384 g/mol. The second kappa shape index (κ2) is 7.60. The van der Waals surface area contributed by atoms with Gasteiger partial charge in [0.1, 0.15) is 5.75 Å². The maximum absolute atomic E-state index is 12.3. The van der Waals surface area contributed by atoms with E-state index >= 15 is 0 Å². The highest BCUT2D eigenvalue weighted by Gasteiger charge is 2.42. The van der Waals surface area contributed by atoms with Crippen molar-refractivity contribution in [3.63, 3.8) is 0 Å². The van der Waals surface area contributed by atoms with Crippen LogP contribution in [-0.4, -0.2) is 54.9 Å². The first-order valence-corrected chi connectivity index (χ1v) is 9.89. The van der Waals surface area contributed by atoms with Gasteiger partial charge in [0.2, 0.25) is 0 Å². The molecule has 0 aliphatic carbocycles. The summed E-state index contributed by atoms with van der Waals surface area (Å²) >= 11 is 0. The van der Waals surface area contributed by atoms with E-state index in [0.717, 1.165) is 37.2 Å². The van der Waals surface area contributed by atoms with Gasteiger partial charge in [0.05, 0.1) is 20.3 Å². The molecule has 0 bridgehead atoms. The topological polar surface area (TPSA) is 74.8 Å². The number of piperidine rings is 1. The van der Waals surface area contributed by atoms with Crippen molar-refractivity contribution in [3.05, 3.63) is 41.1 Å². The SMILES string of the molecule is C/C=C(/C(=O)OC)[C@H]1C[C@H]2c3[nH]c4cccc(OC)c4c3CCN2C[C@H]1CO. The molecule has 2 aliphatic heterocycles. The number of ether oxygens (including phenoxy) is 2. The summed E-state index contributed by atoms with van der Waals surface area (Å²) < 4.78 is 10.6. The number of aromatic nitrogens is 1. The Labute approximate surface area is 165 Å². The van der Waals surface area contributed by atoms with Gasteiger partial charge in [-0.1, -0.05) is 12.1 Å². The fraction of sp³-hybridized carbons (Fsp3) is 0.500. The van der Waals surface area contributed by atoms with Crippen LogP contribution in [-0.2, 0) is 16.0 Å². The molecule has 0 radical (unpaired) electrons. The van der Waals surface area contributed by atoms with Crippen molar-refractivity contribution in [1.82, 2.24) is 9.88 Å². The lowest BCUT2D eigenvalue weighted by Gasteiger charge is -2.46. The molecule has 0 amide bonds. The number of nitrogens with zero attached hydrogens (tertiary/aromatic N) is 1. The van der Waals surface area contributed by atoms with Crippen molar-refractivity contribution < 1.29 is 19.4 Å². The Morgan fingerprint density at radius 2 is 2.21 bits per heavy atom. The summed E-state index contributed by atoms with van der Waals surface area (Å²) in [7, 11) is 3.12. The van der Waals surface area contributed by atoms with Crippen LogP contribution >= 0.6 is 0 Å². The Hall–Kier alpha value is -2.31. The molecule has 2 N–H and O–H groups in total. The number of aliphatic hydroxyl groups excluding tert-OH is 1. The number of hydrogen-bond donors (Lipinski definition) is 2. The van der Waals surface area contributed by atoms with Gasteiger partial charge in [-0.05, 0) is 43.4 Å². The van der Waals surface area contributed by atoms with Gasteiger partial charge in [-0.3, -0.25) is 4.90 Å².